The van der Waals surface area contributed by atoms with Crippen LogP contribution in [0.1, 0.15) is 12.8 Å². The topological polar surface area (TPSA) is 12.0 Å². The van der Waals surface area contributed by atoms with Gasteiger partial charge in [-0.05, 0) is 19.0 Å². The van der Waals surface area contributed by atoms with Gasteiger partial charge in [0.25, 0.3) is 0 Å². The van der Waals surface area contributed by atoms with Gasteiger partial charge in [0.15, 0.2) is 0 Å². The minimum Gasteiger partial charge on any atom is -0.392 e. The third-order valence-corrected chi connectivity index (χ3v) is 1.24. The zero-order valence-corrected chi connectivity index (χ0v) is 4.70. The third kappa shape index (κ3) is 1.26. The maximum atomic E-state index is 3.17. The fourth-order valence-electron chi connectivity index (χ4n) is 0.788. The van der Waals surface area contributed by atoms with Gasteiger partial charge >= 0.3 is 0 Å². The van der Waals surface area contributed by atoms with Gasteiger partial charge in [0.05, 0.1) is 0 Å². The molecule has 0 saturated heterocycles. The van der Waals surface area contributed by atoms with E-state index in [-0.39, 0.29) is 0 Å². The molecule has 1 aliphatic rings. The van der Waals surface area contributed by atoms with E-state index in [0.29, 0.717) is 0 Å². The molecule has 1 rings (SSSR count). The highest BCUT2D eigenvalue weighted by molar-refractivity contribution is 6.21. The lowest BCUT2D eigenvalue weighted by Gasteiger charge is -2.08. The maximum Gasteiger partial charge on any atom is 0.135 e. The molecule has 0 saturated carbocycles. The van der Waals surface area contributed by atoms with Crippen LogP contribution >= 0.6 is 0 Å². The minimum atomic E-state index is 1.16. The molecule has 0 unspecified atom stereocenters. The Morgan fingerprint density at radius 3 is 2.86 bits per heavy atom. The summed E-state index contributed by atoms with van der Waals surface area (Å²) in [6, 6.07) is 0. The monoisotopic (exact) mass is 95.1 g/mol. The van der Waals surface area contributed by atoms with Crippen molar-refractivity contribution in [2.75, 3.05) is 6.54 Å². The van der Waals surface area contributed by atoms with Crippen molar-refractivity contribution in [1.82, 2.24) is 5.32 Å². The van der Waals surface area contributed by atoms with Gasteiger partial charge < -0.3 is 5.32 Å². The quantitative estimate of drug-likeness (QED) is 0.412. The Labute approximate surface area is 45.2 Å². The number of allylic oxidation sites excluding steroid dienone is 1. The zero-order valence-electron chi connectivity index (χ0n) is 4.70. The first-order valence-electron chi connectivity index (χ1n) is 2.78. The molecule has 0 amide bonds. The van der Waals surface area contributed by atoms with Crippen molar-refractivity contribution in [3.8, 4) is 0 Å². The number of hydrogen-bond acceptors (Lipinski definition) is 1. The van der Waals surface area contributed by atoms with E-state index in [0.717, 1.165) is 6.54 Å². The molecule has 1 aliphatic heterocycles. The Balaban J connectivity index is 2.40. The molecule has 0 aliphatic carbocycles. The van der Waals surface area contributed by atoms with Crippen molar-refractivity contribution in [1.29, 1.82) is 0 Å². The molecule has 1 N–H and O–H groups in total. The first-order valence-corrected chi connectivity index (χ1v) is 2.78. The van der Waals surface area contributed by atoms with E-state index < -0.39 is 0 Å². The van der Waals surface area contributed by atoms with Crippen molar-refractivity contribution < 1.29 is 0 Å². The van der Waals surface area contributed by atoms with Crippen LogP contribution in [0, 0.1) is 0 Å². The lowest BCUT2D eigenvalue weighted by Crippen LogP contribution is -2.13. The van der Waals surface area contributed by atoms with Crippen LogP contribution in [0.25, 0.3) is 0 Å². The number of rotatable bonds is 0. The Bertz CT molecular complexity index is 88.1. The molecule has 0 bridgehead atoms. The predicted molar refractivity (Wildman–Crippen MR) is 33.9 cm³/mol. The summed E-state index contributed by atoms with van der Waals surface area (Å²) in [4.78, 5) is 0. The highest BCUT2D eigenvalue weighted by Gasteiger charge is 1.93. The van der Waals surface area contributed by atoms with Gasteiger partial charge in [-0.2, -0.15) is 0 Å². The first-order chi connectivity index (χ1) is 3.39. The van der Waals surface area contributed by atoms with Crippen molar-refractivity contribution in [3.63, 3.8) is 0 Å². The van der Waals surface area contributed by atoms with Gasteiger partial charge in [-0.1, -0.05) is 5.47 Å². The summed E-state index contributed by atoms with van der Waals surface area (Å²) in [5.74, 6) is 0. The van der Waals surface area contributed by atoms with Crippen LogP contribution in [0.4, 0.5) is 0 Å². The molecule has 0 aromatic rings. The summed E-state index contributed by atoms with van der Waals surface area (Å²) in [5.41, 5.74) is 1.48. The van der Waals surface area contributed by atoms with Crippen molar-refractivity contribution in [2.45, 2.75) is 12.8 Å². The third-order valence-electron chi connectivity index (χ3n) is 1.24. The molecule has 0 fully saturated rings. The van der Waals surface area contributed by atoms with Gasteiger partial charge in [-0.25, -0.2) is 0 Å². The molecule has 0 atom stereocenters. The molecule has 0 radical (unpaired) electrons. The van der Waals surface area contributed by atoms with E-state index in [2.05, 4.69) is 19.4 Å². The number of nitrogens with one attached hydrogen (secondary N) is 1. The van der Waals surface area contributed by atoms with Gasteiger partial charge in [0.2, 0.25) is 0 Å². The average Bonchev–Trinajstić information content (AvgIpc) is 1.69. The lowest BCUT2D eigenvalue weighted by atomic mass is 9.91. The van der Waals surface area contributed by atoms with Crippen LogP contribution in [0.3, 0.4) is 0 Å². The van der Waals surface area contributed by atoms with Gasteiger partial charge in [0.1, 0.15) is 7.85 Å². The molecule has 38 valence electrons. The molecule has 1 heterocycles. The van der Waals surface area contributed by atoms with Gasteiger partial charge in [0, 0.05) is 6.54 Å². The summed E-state index contributed by atoms with van der Waals surface area (Å²) >= 11 is 0. The molecule has 2 heteroatoms. The van der Waals surface area contributed by atoms with E-state index >= 15 is 0 Å². The Morgan fingerprint density at radius 1 is 1.71 bits per heavy atom. The fourth-order valence-corrected chi connectivity index (χ4v) is 0.788. The van der Waals surface area contributed by atoms with E-state index in [4.69, 9.17) is 0 Å². The van der Waals surface area contributed by atoms with Crippen LogP contribution < -0.4 is 5.32 Å². The normalized spacial score (nSPS) is 20.3. The van der Waals surface area contributed by atoms with Gasteiger partial charge in [-0.3, -0.25) is 0 Å². The first kappa shape index (κ1) is 4.76. The second kappa shape index (κ2) is 2.06. The molecule has 1 nitrogen and oxygen atoms in total. The standard InChI is InChI=1S/C5H10BN/c6-5-2-1-3-7-4-5/h4,7H,1-3,6H2. The van der Waals surface area contributed by atoms with Crippen LogP contribution in [0.2, 0.25) is 0 Å². The Morgan fingerprint density at radius 2 is 2.57 bits per heavy atom. The second-order valence-corrected chi connectivity index (χ2v) is 2.05. The highest BCUT2D eigenvalue weighted by atomic mass is 14.8. The van der Waals surface area contributed by atoms with Crippen LogP contribution in [0.5, 0.6) is 0 Å². The second-order valence-electron chi connectivity index (χ2n) is 2.05. The van der Waals surface area contributed by atoms with Crippen molar-refractivity contribution >= 4 is 7.85 Å². The molecular weight excluding hydrogens is 84.9 g/mol. The summed E-state index contributed by atoms with van der Waals surface area (Å²) < 4.78 is 0. The molecule has 0 spiro atoms. The van der Waals surface area contributed by atoms with E-state index in [1.54, 1.807) is 0 Å². The van der Waals surface area contributed by atoms with Crippen molar-refractivity contribution in [2.24, 2.45) is 0 Å². The minimum absolute atomic E-state index is 1.16. The van der Waals surface area contributed by atoms with Crippen LogP contribution in [-0.4, -0.2) is 14.4 Å². The van der Waals surface area contributed by atoms with E-state index in [1.165, 1.54) is 18.3 Å². The molecule has 7 heavy (non-hydrogen) atoms. The summed E-state index contributed by atoms with van der Waals surface area (Å²) in [6.07, 6.45) is 4.69. The van der Waals surface area contributed by atoms with Crippen LogP contribution in [-0.2, 0) is 0 Å². The van der Waals surface area contributed by atoms with Crippen LogP contribution in [0.15, 0.2) is 11.7 Å². The van der Waals surface area contributed by atoms with E-state index in [9.17, 15) is 0 Å². The molecular formula is C5H10BN. The molecule has 0 aromatic heterocycles. The largest absolute Gasteiger partial charge is 0.392 e. The highest BCUT2D eigenvalue weighted by Crippen LogP contribution is 2.01. The maximum absolute atomic E-state index is 3.17. The fraction of sp³-hybridized carbons (Fsp3) is 0.600. The lowest BCUT2D eigenvalue weighted by molar-refractivity contribution is 0.719. The van der Waals surface area contributed by atoms with E-state index in [1.807, 2.05) is 0 Å². The smallest absolute Gasteiger partial charge is 0.135 e. The zero-order chi connectivity index (χ0) is 5.11. The SMILES string of the molecule is BC1=CNCCC1. The average molecular weight is 95.0 g/mol. The summed E-state index contributed by atoms with van der Waals surface area (Å²) in [6.45, 7) is 1.16. The number of hydrogen-bond donors (Lipinski definition) is 1. The van der Waals surface area contributed by atoms with Gasteiger partial charge in [-0.15, -0.1) is 0 Å². The molecule has 0 aromatic carbocycles. The van der Waals surface area contributed by atoms with Crippen molar-refractivity contribution in [3.05, 3.63) is 11.7 Å². The summed E-state index contributed by atoms with van der Waals surface area (Å²) in [7, 11) is 2.16. The Hall–Kier alpha value is -0.395. The Kier molecular flexibility index (Phi) is 1.40. The summed E-state index contributed by atoms with van der Waals surface area (Å²) in [5, 5.41) is 3.17. The predicted octanol–water partition coefficient (Wildman–Crippen LogP) is -0.156.